The zero-order valence-corrected chi connectivity index (χ0v) is 23.8. The maximum absolute atomic E-state index is 13.3. The van der Waals surface area contributed by atoms with Gasteiger partial charge in [-0.3, -0.25) is 0 Å². The van der Waals surface area contributed by atoms with Crippen molar-refractivity contribution in [3.63, 3.8) is 0 Å². The van der Waals surface area contributed by atoms with Gasteiger partial charge in [-0.25, -0.2) is 43.3 Å². The van der Waals surface area contributed by atoms with E-state index in [4.69, 9.17) is 5.73 Å². The molecule has 0 fully saturated rings. The van der Waals surface area contributed by atoms with E-state index in [1.807, 2.05) is 0 Å². The van der Waals surface area contributed by atoms with Crippen molar-refractivity contribution in [2.75, 3.05) is 19.6 Å². The molecule has 0 aliphatic rings. The van der Waals surface area contributed by atoms with Crippen LogP contribution in [0.1, 0.15) is 77.0 Å². The topological polar surface area (TPSA) is 243 Å². The number of nitrogens with zero attached hydrogens (tertiary/aromatic N) is 8. The number of urea groups is 2. The fraction of sp³-hybridized carbons (Fsp3) is 0.692. The van der Waals surface area contributed by atoms with Gasteiger partial charge in [-0.15, -0.1) is 0 Å². The Kier molecular flexibility index (Phi) is 22.9. The second kappa shape index (κ2) is 26.0. The molecule has 232 valence electrons. The number of amides is 4. The molecule has 43 heavy (non-hydrogen) atoms. The smallest absolute Gasteiger partial charge is 0.328 e. The van der Waals surface area contributed by atoms with Gasteiger partial charge in [-0.2, -0.15) is 30.0 Å². The molecule has 17 nitrogen and oxygen atoms in total. The lowest BCUT2D eigenvalue weighted by Gasteiger charge is -2.29. The molecule has 0 rings (SSSR count). The van der Waals surface area contributed by atoms with Crippen LogP contribution in [0.3, 0.4) is 0 Å². The Bertz CT molecular complexity index is 1060. The Labute approximate surface area is 247 Å². The number of unbranched alkanes of at least 4 members (excludes halogenated alkanes) is 6. The second-order valence-electron chi connectivity index (χ2n) is 9.07. The standard InChI is InChI=1S/C26H35N9O8/c27-25(42)35(15-9-3-6-12-24(32-20-40)33-21-41)26(43)34(13-7-1-4-10-22(28-16-36)29-17-37)14-8-2-5-11-23(30-18-38)31-19-39/h22-24H,1-15H2,(H2,27,42). The zero-order chi connectivity index (χ0) is 32.1. The fourth-order valence-corrected chi connectivity index (χ4v) is 4.00. The van der Waals surface area contributed by atoms with Crippen molar-refractivity contribution >= 4 is 48.5 Å². The van der Waals surface area contributed by atoms with Crippen LogP contribution in [0.25, 0.3) is 0 Å². The Morgan fingerprint density at radius 1 is 0.488 bits per heavy atom. The number of imide groups is 1. The van der Waals surface area contributed by atoms with Crippen LogP contribution in [0.2, 0.25) is 0 Å². The molecule has 0 aromatic heterocycles. The van der Waals surface area contributed by atoms with Gasteiger partial charge in [0.05, 0.1) is 0 Å². The van der Waals surface area contributed by atoms with Crippen molar-refractivity contribution < 1.29 is 38.4 Å². The predicted octanol–water partition coefficient (Wildman–Crippen LogP) is 2.46. The molecule has 0 atom stereocenters. The van der Waals surface area contributed by atoms with Crippen LogP contribution in [0.15, 0.2) is 30.0 Å². The summed E-state index contributed by atoms with van der Waals surface area (Å²) in [6, 6.07) is -1.50. The van der Waals surface area contributed by atoms with Crippen molar-refractivity contribution in [1.82, 2.24) is 9.80 Å². The van der Waals surface area contributed by atoms with Crippen molar-refractivity contribution in [2.24, 2.45) is 35.7 Å². The third kappa shape index (κ3) is 18.9. The predicted molar refractivity (Wildman–Crippen MR) is 149 cm³/mol. The van der Waals surface area contributed by atoms with Crippen molar-refractivity contribution in [3.05, 3.63) is 0 Å². The van der Waals surface area contributed by atoms with Crippen LogP contribution in [0, 0.1) is 0 Å². The largest absolute Gasteiger partial charge is 0.351 e. The number of nitrogens with two attached hydrogens (primary N) is 1. The maximum Gasteiger partial charge on any atom is 0.328 e. The summed E-state index contributed by atoms with van der Waals surface area (Å²) in [7, 11) is 0. The van der Waals surface area contributed by atoms with Gasteiger partial charge in [0.25, 0.3) is 0 Å². The highest BCUT2D eigenvalue weighted by Gasteiger charge is 2.24. The third-order valence-corrected chi connectivity index (χ3v) is 6.10. The summed E-state index contributed by atoms with van der Waals surface area (Å²) in [4.78, 5) is 111. The Hall–Kier alpha value is -4.98. The maximum atomic E-state index is 13.3. The zero-order valence-electron chi connectivity index (χ0n) is 23.8. The summed E-state index contributed by atoms with van der Waals surface area (Å²) in [5.41, 5.74) is 5.51. The Morgan fingerprint density at radius 3 is 1.07 bits per heavy atom. The van der Waals surface area contributed by atoms with Crippen LogP contribution < -0.4 is 5.73 Å². The molecular weight excluding hydrogens is 566 g/mol. The van der Waals surface area contributed by atoms with Crippen LogP contribution in [0.5, 0.6) is 0 Å². The van der Waals surface area contributed by atoms with E-state index >= 15 is 0 Å². The molecule has 17 heteroatoms. The van der Waals surface area contributed by atoms with Gasteiger partial charge in [0.15, 0.2) is 18.5 Å². The van der Waals surface area contributed by atoms with Crippen LogP contribution in [0.4, 0.5) is 9.59 Å². The molecule has 0 aliphatic carbocycles. The average molecular weight is 602 g/mol. The van der Waals surface area contributed by atoms with E-state index in [2.05, 4.69) is 30.0 Å². The highest BCUT2D eigenvalue weighted by Crippen LogP contribution is 2.14. The Balaban J connectivity index is 5.19. The number of hydrogen-bond donors (Lipinski definition) is 1. The van der Waals surface area contributed by atoms with Crippen LogP contribution in [-0.4, -0.2) is 96.5 Å². The summed E-state index contributed by atoms with van der Waals surface area (Å²) in [6.07, 6.45) is 11.2. The van der Waals surface area contributed by atoms with E-state index in [-0.39, 0.29) is 26.1 Å². The van der Waals surface area contributed by atoms with Crippen molar-refractivity contribution in [3.8, 4) is 0 Å². The third-order valence-electron chi connectivity index (χ3n) is 6.10. The SMILES string of the molecule is NC(=O)N(CCCCCC(N=C=O)N=C=O)C(=O)N(CCCCCC(N=C=O)N=C=O)CCCCCC(N=C=O)N=C=O. The molecule has 0 saturated heterocycles. The number of carbonyl (C=O) groups excluding carboxylic acids is 8. The number of primary amides is 1. The molecule has 0 aromatic carbocycles. The summed E-state index contributed by atoms with van der Waals surface area (Å²) in [5, 5.41) is 0. The quantitative estimate of drug-likeness (QED) is 0.0975. The summed E-state index contributed by atoms with van der Waals surface area (Å²) in [5.74, 6) is 0. The number of rotatable bonds is 24. The van der Waals surface area contributed by atoms with Gasteiger partial charge in [-0.1, -0.05) is 19.3 Å². The first-order chi connectivity index (χ1) is 20.9. The summed E-state index contributed by atoms with van der Waals surface area (Å²) >= 11 is 0. The minimum absolute atomic E-state index is 0.0351. The molecule has 0 radical (unpaired) electrons. The van der Waals surface area contributed by atoms with E-state index < -0.39 is 30.6 Å². The molecular formula is C26H35N9O8. The fourth-order valence-electron chi connectivity index (χ4n) is 4.00. The lowest BCUT2D eigenvalue weighted by atomic mass is 10.1. The van der Waals surface area contributed by atoms with Gasteiger partial charge in [-0.05, 0) is 57.8 Å². The van der Waals surface area contributed by atoms with Gasteiger partial charge >= 0.3 is 12.1 Å². The van der Waals surface area contributed by atoms with E-state index in [0.717, 1.165) is 4.90 Å². The van der Waals surface area contributed by atoms with Crippen LogP contribution >= 0.6 is 0 Å². The lowest BCUT2D eigenvalue weighted by molar-refractivity contribution is 0.154. The number of aliphatic imine (C=N–C) groups is 6. The minimum Gasteiger partial charge on any atom is -0.351 e. The van der Waals surface area contributed by atoms with Gasteiger partial charge < -0.3 is 10.6 Å². The van der Waals surface area contributed by atoms with Gasteiger partial charge in [0.2, 0.25) is 36.5 Å². The van der Waals surface area contributed by atoms with E-state index in [0.29, 0.717) is 70.6 Å². The number of isocyanates is 6. The molecule has 0 saturated carbocycles. The van der Waals surface area contributed by atoms with E-state index in [9.17, 15) is 38.4 Å². The normalized spacial score (nSPS) is 11.7. The first-order valence-corrected chi connectivity index (χ1v) is 13.7. The van der Waals surface area contributed by atoms with E-state index in [1.165, 1.54) is 41.4 Å². The average Bonchev–Trinajstić information content (AvgIpc) is 2.97. The summed E-state index contributed by atoms with van der Waals surface area (Å²) in [6.45, 7) is 0.598. The highest BCUT2D eigenvalue weighted by molar-refractivity contribution is 5.92. The number of carbonyl (C=O) groups is 2. The first-order valence-electron chi connectivity index (χ1n) is 13.7. The monoisotopic (exact) mass is 601 g/mol. The molecule has 0 aliphatic heterocycles. The van der Waals surface area contributed by atoms with Gasteiger partial charge in [0, 0.05) is 19.6 Å². The van der Waals surface area contributed by atoms with Crippen molar-refractivity contribution in [1.29, 1.82) is 0 Å². The molecule has 4 amide bonds. The first kappa shape index (κ1) is 38.0. The molecule has 0 bridgehead atoms. The van der Waals surface area contributed by atoms with Crippen LogP contribution in [-0.2, 0) is 28.8 Å². The molecule has 0 aromatic rings. The molecule has 0 heterocycles. The molecule has 0 unspecified atom stereocenters. The second-order valence-corrected chi connectivity index (χ2v) is 9.07. The molecule has 2 N–H and O–H groups in total. The van der Waals surface area contributed by atoms with Crippen molar-refractivity contribution in [2.45, 2.75) is 95.5 Å². The number of hydrogen-bond acceptors (Lipinski definition) is 14. The molecule has 0 spiro atoms. The highest BCUT2D eigenvalue weighted by atomic mass is 16.2. The minimum atomic E-state index is -0.924. The lowest BCUT2D eigenvalue weighted by Crippen LogP contribution is -2.49. The Morgan fingerprint density at radius 2 is 0.791 bits per heavy atom. The van der Waals surface area contributed by atoms with Gasteiger partial charge in [0.1, 0.15) is 0 Å². The summed E-state index contributed by atoms with van der Waals surface area (Å²) < 4.78 is 0. The van der Waals surface area contributed by atoms with E-state index in [1.54, 1.807) is 0 Å².